The van der Waals surface area contributed by atoms with Crippen molar-refractivity contribution in [2.75, 3.05) is 5.32 Å². The number of nitrogens with one attached hydrogen (secondary N) is 2. The molecule has 0 saturated heterocycles. The highest BCUT2D eigenvalue weighted by molar-refractivity contribution is 6.30. The Kier molecular flexibility index (Phi) is 4.35. The summed E-state index contributed by atoms with van der Waals surface area (Å²) >= 11 is 5.80. The van der Waals surface area contributed by atoms with Crippen molar-refractivity contribution in [3.63, 3.8) is 0 Å². The molecule has 2 aromatic carbocycles. The standard InChI is InChI=1S/C19H11ClF3N3O2/c20-12-4-1-10(2-5-12)16-8-14(17(28-16)19(21,22)23)18(27)25-13-6-3-11-9-24-26-15(11)7-13/h1-9H,(H,24,26)(H,25,27). The van der Waals surface area contributed by atoms with Crippen LogP contribution in [0, 0.1) is 0 Å². The van der Waals surface area contributed by atoms with Crippen LogP contribution in [0.15, 0.2) is 59.1 Å². The van der Waals surface area contributed by atoms with E-state index in [1.54, 1.807) is 24.4 Å². The van der Waals surface area contributed by atoms with Gasteiger partial charge in [0, 0.05) is 21.7 Å². The molecule has 0 saturated carbocycles. The number of fused-ring (bicyclic) bond motifs is 1. The Morgan fingerprint density at radius 3 is 2.57 bits per heavy atom. The van der Waals surface area contributed by atoms with Crippen molar-refractivity contribution in [1.82, 2.24) is 10.2 Å². The van der Waals surface area contributed by atoms with E-state index in [0.717, 1.165) is 11.5 Å². The predicted molar refractivity (Wildman–Crippen MR) is 98.2 cm³/mol. The largest absolute Gasteiger partial charge is 0.451 e. The average molecular weight is 406 g/mol. The second-order valence-electron chi connectivity index (χ2n) is 5.98. The van der Waals surface area contributed by atoms with Gasteiger partial charge < -0.3 is 9.73 Å². The second-order valence-corrected chi connectivity index (χ2v) is 6.42. The Hall–Kier alpha value is -3.26. The van der Waals surface area contributed by atoms with Crippen LogP contribution in [0.5, 0.6) is 0 Å². The molecule has 2 N–H and O–H groups in total. The Labute approximate surface area is 161 Å². The molecule has 0 unspecified atom stereocenters. The second kappa shape index (κ2) is 6.72. The maximum atomic E-state index is 13.4. The number of nitrogens with zero attached hydrogens (tertiary/aromatic N) is 1. The number of aromatic nitrogens is 2. The Morgan fingerprint density at radius 1 is 1.11 bits per heavy atom. The molecule has 142 valence electrons. The number of hydrogen-bond acceptors (Lipinski definition) is 3. The highest BCUT2D eigenvalue weighted by atomic mass is 35.5. The van der Waals surface area contributed by atoms with Crippen molar-refractivity contribution in [3.8, 4) is 11.3 Å². The van der Waals surface area contributed by atoms with Gasteiger partial charge in [-0.25, -0.2) is 0 Å². The van der Waals surface area contributed by atoms with Crippen LogP contribution < -0.4 is 5.32 Å². The van der Waals surface area contributed by atoms with E-state index in [9.17, 15) is 18.0 Å². The number of anilines is 1. The lowest BCUT2D eigenvalue weighted by atomic mass is 10.1. The third-order valence-electron chi connectivity index (χ3n) is 4.06. The average Bonchev–Trinajstić information content (AvgIpc) is 3.28. The minimum Gasteiger partial charge on any atom is -0.451 e. The molecule has 2 heterocycles. The van der Waals surface area contributed by atoms with Crippen molar-refractivity contribution < 1.29 is 22.4 Å². The molecule has 28 heavy (non-hydrogen) atoms. The normalized spacial score (nSPS) is 11.7. The maximum absolute atomic E-state index is 13.4. The first-order valence-corrected chi connectivity index (χ1v) is 8.40. The van der Waals surface area contributed by atoms with Crippen molar-refractivity contribution >= 4 is 34.1 Å². The number of benzene rings is 2. The first-order valence-electron chi connectivity index (χ1n) is 8.03. The molecule has 0 aliphatic rings. The minimum absolute atomic E-state index is 0.0850. The van der Waals surface area contributed by atoms with Crippen LogP contribution in [-0.4, -0.2) is 16.1 Å². The fourth-order valence-corrected chi connectivity index (χ4v) is 2.87. The van der Waals surface area contributed by atoms with E-state index in [-0.39, 0.29) is 5.76 Å². The number of furan rings is 1. The summed E-state index contributed by atoms with van der Waals surface area (Å²) in [6.07, 6.45) is -3.23. The van der Waals surface area contributed by atoms with E-state index in [1.165, 1.54) is 24.3 Å². The molecule has 4 rings (SSSR count). The third-order valence-corrected chi connectivity index (χ3v) is 4.31. The summed E-state index contributed by atoms with van der Waals surface area (Å²) in [5.41, 5.74) is 0.724. The Morgan fingerprint density at radius 2 is 1.86 bits per heavy atom. The molecule has 2 aromatic heterocycles. The monoisotopic (exact) mass is 405 g/mol. The lowest BCUT2D eigenvalue weighted by Crippen LogP contribution is -2.16. The third kappa shape index (κ3) is 3.46. The summed E-state index contributed by atoms with van der Waals surface area (Å²) in [5, 5.41) is 10.3. The molecule has 4 aromatic rings. The summed E-state index contributed by atoms with van der Waals surface area (Å²) in [5.74, 6) is -2.38. The number of amides is 1. The molecule has 0 radical (unpaired) electrons. The maximum Gasteiger partial charge on any atom is 0.450 e. The van der Waals surface area contributed by atoms with Crippen molar-refractivity contribution in [1.29, 1.82) is 0 Å². The highest BCUT2D eigenvalue weighted by Gasteiger charge is 2.40. The minimum atomic E-state index is -4.83. The van der Waals surface area contributed by atoms with Crippen LogP contribution in [0.25, 0.3) is 22.2 Å². The first kappa shape index (κ1) is 18.1. The molecular formula is C19H11ClF3N3O2. The molecule has 9 heteroatoms. The topological polar surface area (TPSA) is 70.9 Å². The molecule has 0 bridgehead atoms. The van der Waals surface area contributed by atoms with Gasteiger partial charge in [0.15, 0.2) is 0 Å². The number of hydrogen-bond donors (Lipinski definition) is 2. The van der Waals surface area contributed by atoms with E-state index in [2.05, 4.69) is 15.5 Å². The molecule has 0 spiro atoms. The van der Waals surface area contributed by atoms with Gasteiger partial charge in [-0.05, 0) is 48.5 Å². The zero-order valence-corrected chi connectivity index (χ0v) is 14.7. The first-order chi connectivity index (χ1) is 13.3. The SMILES string of the molecule is O=C(Nc1ccc2cn[nH]c2c1)c1cc(-c2ccc(Cl)cc2)oc1C(F)(F)F. The number of carbonyl (C=O) groups excluding carboxylic acids is 1. The van der Waals surface area contributed by atoms with Gasteiger partial charge in [0.1, 0.15) is 5.76 Å². The van der Waals surface area contributed by atoms with Gasteiger partial charge in [0.2, 0.25) is 5.76 Å². The summed E-state index contributed by atoms with van der Waals surface area (Å²) in [7, 11) is 0. The molecule has 0 fully saturated rings. The van der Waals surface area contributed by atoms with E-state index in [4.69, 9.17) is 16.0 Å². The van der Waals surface area contributed by atoms with Gasteiger partial charge in [-0.1, -0.05) is 11.6 Å². The molecule has 0 aliphatic heterocycles. The zero-order chi connectivity index (χ0) is 19.9. The number of aromatic amines is 1. The van der Waals surface area contributed by atoms with Crippen molar-refractivity contribution in [2.45, 2.75) is 6.18 Å². The molecule has 0 atom stereocenters. The van der Waals surface area contributed by atoms with Crippen LogP contribution in [-0.2, 0) is 6.18 Å². The highest BCUT2D eigenvalue weighted by Crippen LogP contribution is 2.37. The Balaban J connectivity index is 1.70. The van der Waals surface area contributed by atoms with E-state index in [0.29, 0.717) is 21.8 Å². The lowest BCUT2D eigenvalue weighted by molar-refractivity contribution is -0.153. The van der Waals surface area contributed by atoms with Crippen LogP contribution in [0.3, 0.4) is 0 Å². The number of alkyl halides is 3. The fraction of sp³-hybridized carbons (Fsp3) is 0.0526. The zero-order valence-electron chi connectivity index (χ0n) is 14.0. The summed E-state index contributed by atoms with van der Waals surface area (Å²) in [6, 6.07) is 12.0. The van der Waals surface area contributed by atoms with Crippen LogP contribution in [0.2, 0.25) is 5.02 Å². The van der Waals surface area contributed by atoms with E-state index < -0.39 is 23.4 Å². The van der Waals surface area contributed by atoms with Gasteiger partial charge in [-0.3, -0.25) is 9.89 Å². The quantitative estimate of drug-likeness (QED) is 0.456. The molecule has 1 amide bonds. The van der Waals surface area contributed by atoms with Gasteiger partial charge in [-0.2, -0.15) is 18.3 Å². The number of halogens is 4. The van der Waals surface area contributed by atoms with Gasteiger partial charge in [0.05, 0.1) is 17.3 Å². The summed E-state index contributed by atoms with van der Waals surface area (Å²) < 4.78 is 45.2. The molecular weight excluding hydrogens is 395 g/mol. The summed E-state index contributed by atoms with van der Waals surface area (Å²) in [6.45, 7) is 0. The number of H-pyrrole nitrogens is 1. The number of rotatable bonds is 3. The van der Waals surface area contributed by atoms with E-state index in [1.807, 2.05) is 0 Å². The smallest absolute Gasteiger partial charge is 0.450 e. The Bertz CT molecular complexity index is 1160. The lowest BCUT2D eigenvalue weighted by Gasteiger charge is -2.07. The molecule has 5 nitrogen and oxygen atoms in total. The predicted octanol–water partition coefficient (Wildman–Crippen LogP) is 5.75. The van der Waals surface area contributed by atoms with Gasteiger partial charge in [-0.15, -0.1) is 0 Å². The van der Waals surface area contributed by atoms with Crippen LogP contribution >= 0.6 is 11.6 Å². The summed E-state index contributed by atoms with van der Waals surface area (Å²) in [4.78, 5) is 12.5. The van der Waals surface area contributed by atoms with E-state index >= 15 is 0 Å². The fourth-order valence-electron chi connectivity index (χ4n) is 2.74. The molecule has 0 aliphatic carbocycles. The number of carbonyl (C=O) groups is 1. The van der Waals surface area contributed by atoms with Crippen molar-refractivity contribution in [2.24, 2.45) is 0 Å². The van der Waals surface area contributed by atoms with Crippen LogP contribution in [0.4, 0.5) is 18.9 Å². The van der Waals surface area contributed by atoms with Gasteiger partial charge >= 0.3 is 6.18 Å². The van der Waals surface area contributed by atoms with Crippen LogP contribution in [0.1, 0.15) is 16.1 Å². The van der Waals surface area contributed by atoms with Crippen molar-refractivity contribution in [3.05, 3.63) is 71.1 Å². The van der Waals surface area contributed by atoms with Gasteiger partial charge in [0.25, 0.3) is 5.91 Å².